The van der Waals surface area contributed by atoms with Crippen LogP contribution in [0, 0.1) is 6.92 Å². The number of alkyl halides is 3. The number of hydrogen-bond acceptors (Lipinski definition) is 7. The summed E-state index contributed by atoms with van der Waals surface area (Å²) < 4.78 is 52.3. The van der Waals surface area contributed by atoms with Gasteiger partial charge in [0.25, 0.3) is 0 Å². The lowest BCUT2D eigenvalue weighted by atomic mass is 10.1. The predicted octanol–water partition coefficient (Wildman–Crippen LogP) is 6.01. The number of fused-ring (bicyclic) bond motifs is 2. The SMILES string of the molecule is Cc1cc(-c2cnc3c(n2)c(-c2ccc4c(c2)N(CC(F)(F)F)CCO4)cn3C(=O)OC(C)(C)C)ccn1. The summed E-state index contributed by atoms with van der Waals surface area (Å²) in [6.45, 7) is 6.28. The monoisotopic (exact) mass is 525 g/mol. The van der Waals surface area contributed by atoms with Crippen LogP contribution in [0.1, 0.15) is 26.5 Å². The zero-order chi connectivity index (χ0) is 27.2. The molecule has 4 aromatic rings. The van der Waals surface area contributed by atoms with Crippen molar-refractivity contribution in [2.75, 3.05) is 24.6 Å². The van der Waals surface area contributed by atoms with Gasteiger partial charge in [0.05, 0.1) is 24.1 Å². The van der Waals surface area contributed by atoms with Crippen LogP contribution in [-0.4, -0.2) is 57.1 Å². The molecule has 1 aliphatic rings. The summed E-state index contributed by atoms with van der Waals surface area (Å²) in [6.07, 6.45) is -0.231. The topological polar surface area (TPSA) is 82.4 Å². The molecule has 0 fully saturated rings. The number of carbonyl (C=O) groups is 1. The van der Waals surface area contributed by atoms with Crippen molar-refractivity contribution in [3.63, 3.8) is 0 Å². The molecule has 0 amide bonds. The van der Waals surface area contributed by atoms with E-state index in [2.05, 4.69) is 9.97 Å². The number of carbonyl (C=O) groups excluding carboxylic acids is 1. The molecule has 198 valence electrons. The van der Waals surface area contributed by atoms with Gasteiger partial charge in [-0.05, 0) is 57.5 Å². The summed E-state index contributed by atoms with van der Waals surface area (Å²) in [7, 11) is 0. The second-order valence-electron chi connectivity index (χ2n) is 10.1. The van der Waals surface area contributed by atoms with Crippen molar-refractivity contribution in [2.24, 2.45) is 0 Å². The van der Waals surface area contributed by atoms with Crippen molar-refractivity contribution in [2.45, 2.75) is 39.5 Å². The summed E-state index contributed by atoms with van der Waals surface area (Å²) in [5, 5.41) is 0. The summed E-state index contributed by atoms with van der Waals surface area (Å²) in [6, 6.07) is 8.66. The van der Waals surface area contributed by atoms with E-state index >= 15 is 0 Å². The molecular formula is C27H26F3N5O3. The highest BCUT2D eigenvalue weighted by Gasteiger charge is 2.33. The molecule has 11 heteroatoms. The van der Waals surface area contributed by atoms with Crippen molar-refractivity contribution in [1.29, 1.82) is 0 Å². The van der Waals surface area contributed by atoms with Crippen LogP contribution in [-0.2, 0) is 4.74 Å². The van der Waals surface area contributed by atoms with E-state index in [1.807, 2.05) is 13.0 Å². The molecule has 4 heterocycles. The summed E-state index contributed by atoms with van der Waals surface area (Å²) in [4.78, 5) is 27.9. The van der Waals surface area contributed by atoms with Crippen LogP contribution in [0.3, 0.4) is 0 Å². The van der Waals surface area contributed by atoms with Gasteiger partial charge in [0.2, 0.25) is 0 Å². The van der Waals surface area contributed by atoms with E-state index in [0.29, 0.717) is 33.8 Å². The van der Waals surface area contributed by atoms with Crippen molar-refractivity contribution in [3.8, 4) is 28.1 Å². The normalized spacial score (nSPS) is 13.8. The molecule has 5 rings (SSSR count). The fraction of sp³-hybridized carbons (Fsp3) is 0.333. The second-order valence-corrected chi connectivity index (χ2v) is 10.1. The van der Waals surface area contributed by atoms with E-state index in [-0.39, 0.29) is 18.8 Å². The van der Waals surface area contributed by atoms with E-state index in [1.165, 1.54) is 9.47 Å². The summed E-state index contributed by atoms with van der Waals surface area (Å²) >= 11 is 0. The van der Waals surface area contributed by atoms with Crippen molar-refractivity contribution in [1.82, 2.24) is 19.5 Å². The molecule has 0 atom stereocenters. The Labute approximate surface area is 217 Å². The van der Waals surface area contributed by atoms with Gasteiger partial charge in [-0.1, -0.05) is 6.07 Å². The first-order valence-corrected chi connectivity index (χ1v) is 12.0. The number of aromatic nitrogens is 4. The fourth-order valence-electron chi connectivity index (χ4n) is 4.32. The van der Waals surface area contributed by atoms with Gasteiger partial charge < -0.3 is 14.4 Å². The average molecular weight is 526 g/mol. The Morgan fingerprint density at radius 1 is 1.11 bits per heavy atom. The molecule has 38 heavy (non-hydrogen) atoms. The number of rotatable bonds is 3. The molecule has 8 nitrogen and oxygen atoms in total. The average Bonchev–Trinajstić information content (AvgIpc) is 3.21. The van der Waals surface area contributed by atoms with Gasteiger partial charge in [0.15, 0.2) is 5.65 Å². The predicted molar refractivity (Wildman–Crippen MR) is 136 cm³/mol. The first-order valence-electron chi connectivity index (χ1n) is 12.0. The van der Waals surface area contributed by atoms with Gasteiger partial charge in [-0.2, -0.15) is 13.2 Å². The molecule has 0 bridgehead atoms. The number of aryl methyl sites for hydroxylation is 1. The molecule has 0 radical (unpaired) electrons. The lowest BCUT2D eigenvalue weighted by molar-refractivity contribution is -0.120. The Balaban J connectivity index is 1.67. The third-order valence-electron chi connectivity index (χ3n) is 5.88. The first-order chi connectivity index (χ1) is 17.9. The Morgan fingerprint density at radius 2 is 1.89 bits per heavy atom. The largest absolute Gasteiger partial charge is 0.490 e. The standard InChI is InChI=1S/C27H26F3N5O3/c1-16-11-18(7-8-31-16)20-13-32-24-23(33-20)19(14-35(24)25(36)38-26(2,3)4)17-5-6-22-21(12-17)34(9-10-37-22)15-27(28,29)30/h5-8,11-14H,9-10,15H2,1-4H3. The highest BCUT2D eigenvalue weighted by molar-refractivity contribution is 5.97. The Morgan fingerprint density at radius 3 is 2.61 bits per heavy atom. The van der Waals surface area contributed by atoms with E-state index in [4.69, 9.17) is 14.5 Å². The zero-order valence-corrected chi connectivity index (χ0v) is 21.3. The fourth-order valence-corrected chi connectivity index (χ4v) is 4.32. The van der Waals surface area contributed by atoms with Crippen LogP contribution < -0.4 is 9.64 Å². The first kappa shape index (κ1) is 25.5. The highest BCUT2D eigenvalue weighted by atomic mass is 19.4. The minimum atomic E-state index is -4.37. The number of anilines is 1. The second kappa shape index (κ2) is 9.30. The van der Waals surface area contributed by atoms with Gasteiger partial charge in [-0.3, -0.25) is 4.98 Å². The minimum absolute atomic E-state index is 0.0982. The maximum absolute atomic E-state index is 13.3. The molecule has 0 aliphatic carbocycles. The molecule has 0 N–H and O–H groups in total. The van der Waals surface area contributed by atoms with Crippen LogP contribution in [0.4, 0.5) is 23.7 Å². The van der Waals surface area contributed by atoms with Crippen LogP contribution in [0.15, 0.2) is 48.9 Å². The van der Waals surface area contributed by atoms with Gasteiger partial charge in [0.1, 0.15) is 30.0 Å². The Hall–Kier alpha value is -4.15. The Bertz CT molecular complexity index is 1520. The van der Waals surface area contributed by atoms with Crippen LogP contribution in [0.5, 0.6) is 5.75 Å². The third kappa shape index (κ3) is 5.27. The van der Waals surface area contributed by atoms with Gasteiger partial charge >= 0.3 is 12.3 Å². The van der Waals surface area contributed by atoms with Gasteiger partial charge in [-0.15, -0.1) is 0 Å². The van der Waals surface area contributed by atoms with Crippen LogP contribution in [0.2, 0.25) is 0 Å². The maximum atomic E-state index is 13.3. The molecule has 0 saturated carbocycles. The van der Waals surface area contributed by atoms with Crippen molar-refractivity contribution < 1.29 is 27.4 Å². The Kier molecular flexibility index (Phi) is 6.24. The molecule has 1 aromatic carbocycles. The lowest BCUT2D eigenvalue weighted by Crippen LogP contribution is -2.39. The molecule has 3 aromatic heterocycles. The summed E-state index contributed by atoms with van der Waals surface area (Å²) in [5.41, 5.74) is 3.47. The molecule has 1 aliphatic heterocycles. The quantitative estimate of drug-likeness (QED) is 0.324. The molecule has 0 saturated heterocycles. The highest BCUT2D eigenvalue weighted by Crippen LogP contribution is 2.39. The minimum Gasteiger partial charge on any atom is -0.490 e. The maximum Gasteiger partial charge on any atom is 0.420 e. The molecule has 0 unspecified atom stereocenters. The van der Waals surface area contributed by atoms with Gasteiger partial charge in [-0.25, -0.2) is 19.3 Å². The molecular weight excluding hydrogens is 499 g/mol. The number of nitrogens with zero attached hydrogens (tertiary/aromatic N) is 5. The summed E-state index contributed by atoms with van der Waals surface area (Å²) in [5.74, 6) is 0.360. The smallest absolute Gasteiger partial charge is 0.420 e. The van der Waals surface area contributed by atoms with Crippen molar-refractivity contribution >= 4 is 22.9 Å². The van der Waals surface area contributed by atoms with Crippen LogP contribution in [0.25, 0.3) is 33.5 Å². The van der Waals surface area contributed by atoms with E-state index in [1.54, 1.807) is 63.6 Å². The van der Waals surface area contributed by atoms with E-state index in [0.717, 1.165) is 11.3 Å². The van der Waals surface area contributed by atoms with E-state index < -0.39 is 24.4 Å². The number of benzene rings is 1. The zero-order valence-electron chi connectivity index (χ0n) is 21.3. The third-order valence-corrected chi connectivity index (χ3v) is 5.88. The number of hydrogen-bond donors (Lipinski definition) is 0. The number of pyridine rings is 1. The van der Waals surface area contributed by atoms with Crippen LogP contribution >= 0.6 is 0 Å². The molecule has 0 spiro atoms. The number of halogens is 3. The van der Waals surface area contributed by atoms with Crippen molar-refractivity contribution in [3.05, 3.63) is 54.6 Å². The lowest BCUT2D eigenvalue weighted by Gasteiger charge is -2.32. The van der Waals surface area contributed by atoms with Gasteiger partial charge in [0, 0.05) is 29.2 Å². The van der Waals surface area contributed by atoms with E-state index in [9.17, 15) is 18.0 Å². The number of ether oxygens (including phenoxy) is 2.